The number of sulfonamides is 1. The molecule has 4 rings (SSSR count). The summed E-state index contributed by atoms with van der Waals surface area (Å²) in [5.41, 5.74) is 1.55. The van der Waals surface area contributed by atoms with Crippen molar-refractivity contribution in [1.29, 1.82) is 0 Å². The zero-order chi connectivity index (χ0) is 24.3. The number of aryl methyl sites for hydroxylation is 2. The number of rotatable bonds is 6. The van der Waals surface area contributed by atoms with Gasteiger partial charge >= 0.3 is 6.09 Å². The summed E-state index contributed by atoms with van der Waals surface area (Å²) in [5, 5.41) is 5.63. The lowest BCUT2D eigenvalue weighted by atomic mass is 9.88. The third kappa shape index (κ3) is 5.27. The van der Waals surface area contributed by atoms with Crippen LogP contribution in [0.2, 0.25) is 0 Å². The van der Waals surface area contributed by atoms with Crippen LogP contribution in [-0.2, 0) is 26.0 Å². The first kappa shape index (κ1) is 24.7. The van der Waals surface area contributed by atoms with Crippen molar-refractivity contribution in [2.75, 3.05) is 31.3 Å². The van der Waals surface area contributed by atoms with Gasteiger partial charge in [0.25, 0.3) is 5.91 Å². The van der Waals surface area contributed by atoms with Crippen molar-refractivity contribution in [3.8, 4) is 0 Å². The molecule has 186 valence electrons. The molecule has 1 spiro atoms. The summed E-state index contributed by atoms with van der Waals surface area (Å²) in [4.78, 5) is 29.1. The third-order valence-corrected chi connectivity index (χ3v) is 9.22. The summed E-state index contributed by atoms with van der Waals surface area (Å²) < 4.78 is 32.3. The maximum absolute atomic E-state index is 13.1. The molecule has 0 bridgehead atoms. The van der Waals surface area contributed by atoms with Gasteiger partial charge in [-0.15, -0.1) is 0 Å². The Morgan fingerprint density at radius 3 is 2.62 bits per heavy atom. The Bertz CT molecular complexity index is 1070. The Balaban J connectivity index is 1.37. The van der Waals surface area contributed by atoms with E-state index in [1.807, 2.05) is 13.0 Å². The number of nitrogens with one attached hydrogen (secondary N) is 2. The van der Waals surface area contributed by atoms with Gasteiger partial charge in [-0.25, -0.2) is 17.5 Å². The van der Waals surface area contributed by atoms with E-state index in [1.54, 1.807) is 12.1 Å². The van der Waals surface area contributed by atoms with Crippen LogP contribution in [-0.4, -0.2) is 62.1 Å². The number of anilines is 1. The maximum atomic E-state index is 13.1. The summed E-state index contributed by atoms with van der Waals surface area (Å²) >= 11 is 0. The molecule has 1 aromatic rings. The Kier molecular flexibility index (Phi) is 7.28. The van der Waals surface area contributed by atoms with Crippen molar-refractivity contribution < 1.29 is 22.7 Å². The molecule has 0 aromatic heterocycles. The first-order chi connectivity index (χ1) is 16.2. The largest absolute Gasteiger partial charge is 0.453 e. The quantitative estimate of drug-likeness (QED) is 0.636. The lowest BCUT2D eigenvalue weighted by Gasteiger charge is -2.34. The zero-order valence-electron chi connectivity index (χ0n) is 19.9. The van der Waals surface area contributed by atoms with Crippen molar-refractivity contribution in [3.63, 3.8) is 0 Å². The van der Waals surface area contributed by atoms with Crippen LogP contribution in [0.3, 0.4) is 0 Å². The number of carbonyl (C=O) groups excluding carboxylic acids is 2. The fourth-order valence-corrected chi connectivity index (χ4v) is 6.61. The molecule has 3 aliphatic rings. The molecule has 2 N–H and O–H groups in total. The average molecular weight is 491 g/mol. The van der Waals surface area contributed by atoms with Gasteiger partial charge < -0.3 is 10.1 Å². The molecule has 0 unspecified atom stereocenters. The number of methoxy groups -OCH3 is 1. The summed E-state index contributed by atoms with van der Waals surface area (Å²) in [6, 6.07) is 5.37. The van der Waals surface area contributed by atoms with Crippen LogP contribution in [0.25, 0.3) is 0 Å². The van der Waals surface area contributed by atoms with E-state index in [1.165, 1.54) is 30.7 Å². The van der Waals surface area contributed by atoms with E-state index in [9.17, 15) is 18.0 Å². The minimum Gasteiger partial charge on any atom is -0.453 e. The summed E-state index contributed by atoms with van der Waals surface area (Å²) in [7, 11) is -2.21. The third-order valence-electron chi connectivity index (χ3n) is 7.34. The van der Waals surface area contributed by atoms with Gasteiger partial charge in [-0.3, -0.25) is 15.1 Å². The fourth-order valence-electron chi connectivity index (χ4n) is 5.14. The topological polar surface area (TPSA) is 117 Å². The van der Waals surface area contributed by atoms with Crippen molar-refractivity contribution in [3.05, 3.63) is 29.3 Å². The van der Waals surface area contributed by atoms with Crippen LogP contribution in [0.15, 0.2) is 23.2 Å². The number of amides is 2. The highest BCUT2D eigenvalue weighted by Crippen LogP contribution is 2.35. The molecular weight excluding hydrogens is 456 g/mol. The van der Waals surface area contributed by atoms with Gasteiger partial charge in [0.1, 0.15) is 11.4 Å². The minimum atomic E-state index is -3.50. The van der Waals surface area contributed by atoms with E-state index in [-0.39, 0.29) is 11.7 Å². The molecule has 2 amide bonds. The van der Waals surface area contributed by atoms with Gasteiger partial charge in [-0.05, 0) is 62.3 Å². The molecule has 1 saturated carbocycles. The second kappa shape index (κ2) is 10.0. The normalized spacial score (nSPS) is 21.2. The van der Waals surface area contributed by atoms with Gasteiger partial charge in [0.2, 0.25) is 10.0 Å². The first-order valence-corrected chi connectivity index (χ1v) is 13.7. The Hall–Kier alpha value is -2.46. The van der Waals surface area contributed by atoms with E-state index in [2.05, 4.69) is 15.4 Å². The Labute approximate surface area is 201 Å². The first-order valence-electron chi connectivity index (χ1n) is 12.1. The van der Waals surface area contributed by atoms with Crippen LogP contribution in [0.1, 0.15) is 56.1 Å². The molecule has 1 saturated heterocycles. The van der Waals surface area contributed by atoms with E-state index >= 15 is 0 Å². The summed E-state index contributed by atoms with van der Waals surface area (Å²) in [6.07, 6.45) is 6.27. The molecule has 2 fully saturated rings. The van der Waals surface area contributed by atoms with Gasteiger partial charge in [0.15, 0.2) is 0 Å². The molecule has 34 heavy (non-hydrogen) atoms. The second-order valence-corrected chi connectivity index (χ2v) is 11.6. The monoisotopic (exact) mass is 490 g/mol. The molecule has 9 nitrogen and oxygen atoms in total. The van der Waals surface area contributed by atoms with Gasteiger partial charge in [0, 0.05) is 24.7 Å². The SMILES string of the molecule is COC(=O)Nc1ccc(C)c(CCS(=O)(=O)N2CCC3(CC2)N=C(C2CCCCC2)NC3=O)c1. The lowest BCUT2D eigenvalue weighted by molar-refractivity contribution is -0.125. The molecule has 2 heterocycles. The number of hydrogen-bond donors (Lipinski definition) is 2. The van der Waals surface area contributed by atoms with Crippen molar-refractivity contribution in [2.24, 2.45) is 10.9 Å². The zero-order valence-corrected chi connectivity index (χ0v) is 20.7. The highest BCUT2D eigenvalue weighted by molar-refractivity contribution is 7.89. The second-order valence-electron chi connectivity index (χ2n) is 9.54. The van der Waals surface area contributed by atoms with Crippen LogP contribution >= 0.6 is 0 Å². The van der Waals surface area contributed by atoms with Gasteiger partial charge in [-0.2, -0.15) is 0 Å². The highest BCUT2D eigenvalue weighted by Gasteiger charge is 2.48. The van der Waals surface area contributed by atoms with Crippen molar-refractivity contribution >= 4 is 33.5 Å². The molecule has 1 aromatic carbocycles. The molecule has 1 aliphatic carbocycles. The maximum Gasteiger partial charge on any atom is 0.411 e. The van der Waals surface area contributed by atoms with Crippen molar-refractivity contribution in [2.45, 2.75) is 63.8 Å². The molecule has 2 aliphatic heterocycles. The fraction of sp³-hybridized carbons (Fsp3) is 0.625. The number of aliphatic imine (C=N–C) groups is 1. The number of nitrogens with zero attached hydrogens (tertiary/aromatic N) is 2. The van der Waals surface area contributed by atoms with Crippen LogP contribution in [0.5, 0.6) is 0 Å². The highest BCUT2D eigenvalue weighted by atomic mass is 32.2. The summed E-state index contributed by atoms with van der Waals surface area (Å²) in [6.45, 7) is 2.50. The Morgan fingerprint density at radius 2 is 1.94 bits per heavy atom. The molecular formula is C24H34N4O5S. The number of piperidine rings is 1. The number of carbonyl (C=O) groups is 2. The number of hydrogen-bond acceptors (Lipinski definition) is 6. The Morgan fingerprint density at radius 1 is 1.24 bits per heavy atom. The van der Waals surface area contributed by atoms with E-state index in [0.717, 1.165) is 29.8 Å². The van der Waals surface area contributed by atoms with E-state index < -0.39 is 21.7 Å². The van der Waals surface area contributed by atoms with E-state index in [4.69, 9.17) is 4.99 Å². The van der Waals surface area contributed by atoms with E-state index in [0.29, 0.717) is 44.0 Å². The van der Waals surface area contributed by atoms with Crippen LogP contribution < -0.4 is 10.6 Å². The standard InChI is InChI=1S/C24H34N4O5S/c1-17-8-9-20(25-23(30)33-2)16-19(17)10-15-34(31,32)28-13-11-24(12-14-28)22(29)26-21(27-24)18-6-4-3-5-7-18/h8-9,16,18H,3-7,10-15H2,1-2H3,(H,25,30)(H,26,27,29). The molecule has 10 heteroatoms. The lowest BCUT2D eigenvalue weighted by Crippen LogP contribution is -2.51. The minimum absolute atomic E-state index is 0.0364. The summed E-state index contributed by atoms with van der Waals surface area (Å²) in [5.74, 6) is 1.03. The number of amidine groups is 1. The number of benzene rings is 1. The van der Waals surface area contributed by atoms with Crippen LogP contribution in [0, 0.1) is 12.8 Å². The predicted molar refractivity (Wildman–Crippen MR) is 130 cm³/mol. The van der Waals surface area contributed by atoms with Gasteiger partial charge in [0.05, 0.1) is 12.9 Å². The number of ether oxygens (including phenoxy) is 1. The smallest absolute Gasteiger partial charge is 0.411 e. The van der Waals surface area contributed by atoms with Crippen molar-refractivity contribution in [1.82, 2.24) is 9.62 Å². The molecule has 0 radical (unpaired) electrons. The predicted octanol–water partition coefficient (Wildman–Crippen LogP) is 2.99. The van der Waals surface area contributed by atoms with Gasteiger partial charge in [-0.1, -0.05) is 25.3 Å². The molecule has 0 atom stereocenters. The van der Waals surface area contributed by atoms with Crippen LogP contribution in [0.4, 0.5) is 10.5 Å². The average Bonchev–Trinajstić information content (AvgIpc) is 3.15.